The Kier molecular flexibility index (Phi) is 3.54. The van der Waals surface area contributed by atoms with Gasteiger partial charge in [0, 0.05) is 11.9 Å². The minimum Gasteiger partial charge on any atom is -0.364 e. The molecule has 0 spiro atoms. The van der Waals surface area contributed by atoms with Crippen molar-refractivity contribution in [1.29, 1.82) is 0 Å². The second-order valence-corrected chi connectivity index (χ2v) is 6.02. The lowest BCUT2D eigenvalue weighted by molar-refractivity contribution is 0.580. The fourth-order valence-electron chi connectivity index (χ4n) is 1.72. The molecule has 0 aliphatic heterocycles. The predicted molar refractivity (Wildman–Crippen MR) is 70.7 cm³/mol. The van der Waals surface area contributed by atoms with Crippen LogP contribution in [-0.2, 0) is 16.6 Å². The maximum absolute atomic E-state index is 12.2. The molecule has 2 aromatic rings. The summed E-state index contributed by atoms with van der Waals surface area (Å²) >= 11 is 0. The number of hydrogen-bond acceptors (Lipinski definition) is 2. The van der Waals surface area contributed by atoms with Gasteiger partial charge in [0.1, 0.15) is 0 Å². The van der Waals surface area contributed by atoms with Crippen LogP contribution in [0.1, 0.15) is 16.8 Å². The average molecular weight is 264 g/mol. The van der Waals surface area contributed by atoms with E-state index in [1.165, 1.54) is 0 Å². The zero-order valence-corrected chi connectivity index (χ0v) is 11.2. The monoisotopic (exact) mass is 264 g/mol. The fourth-order valence-corrected chi connectivity index (χ4v) is 3.06. The molecule has 0 radical (unpaired) electrons. The minimum absolute atomic E-state index is 0.267. The van der Waals surface area contributed by atoms with Crippen molar-refractivity contribution >= 4 is 10.0 Å². The highest BCUT2D eigenvalue weighted by Gasteiger charge is 2.16. The second-order valence-electron chi connectivity index (χ2n) is 4.29. The molecule has 4 nitrogen and oxygen atoms in total. The molecule has 1 aromatic carbocycles. The number of hydrogen-bond donors (Lipinski definition) is 2. The molecule has 1 heterocycles. The number of aromatic nitrogens is 1. The van der Waals surface area contributed by atoms with Crippen LogP contribution in [0.2, 0.25) is 0 Å². The van der Waals surface area contributed by atoms with E-state index in [0.717, 1.165) is 16.8 Å². The highest BCUT2D eigenvalue weighted by Crippen LogP contribution is 2.16. The van der Waals surface area contributed by atoms with Crippen LogP contribution < -0.4 is 4.72 Å². The number of nitrogens with one attached hydrogen (secondary N) is 2. The lowest BCUT2D eigenvalue weighted by Crippen LogP contribution is -2.24. The third kappa shape index (κ3) is 2.80. The first-order valence-corrected chi connectivity index (χ1v) is 7.16. The van der Waals surface area contributed by atoms with Crippen molar-refractivity contribution in [2.75, 3.05) is 0 Å². The van der Waals surface area contributed by atoms with E-state index >= 15 is 0 Å². The van der Waals surface area contributed by atoms with Gasteiger partial charge < -0.3 is 4.98 Å². The van der Waals surface area contributed by atoms with E-state index in [-0.39, 0.29) is 6.54 Å². The van der Waals surface area contributed by atoms with E-state index < -0.39 is 10.0 Å². The lowest BCUT2D eigenvalue weighted by atomic mass is 10.2. The van der Waals surface area contributed by atoms with E-state index in [9.17, 15) is 8.42 Å². The van der Waals surface area contributed by atoms with Gasteiger partial charge >= 0.3 is 0 Å². The molecule has 0 fully saturated rings. The quantitative estimate of drug-likeness (QED) is 0.888. The summed E-state index contributed by atoms with van der Waals surface area (Å²) in [5.74, 6) is 0. The number of sulfonamides is 1. The van der Waals surface area contributed by atoms with E-state index in [4.69, 9.17) is 0 Å². The van der Waals surface area contributed by atoms with Crippen LogP contribution in [0.5, 0.6) is 0 Å². The van der Waals surface area contributed by atoms with Crippen molar-refractivity contribution in [3.05, 3.63) is 53.3 Å². The molecule has 0 saturated carbocycles. The van der Waals surface area contributed by atoms with Gasteiger partial charge in [-0.25, -0.2) is 13.1 Å². The zero-order chi connectivity index (χ0) is 13.2. The van der Waals surface area contributed by atoms with Crippen LogP contribution in [0.25, 0.3) is 0 Å². The van der Waals surface area contributed by atoms with Crippen molar-refractivity contribution in [2.24, 2.45) is 0 Å². The van der Waals surface area contributed by atoms with Crippen molar-refractivity contribution < 1.29 is 8.42 Å². The second kappa shape index (κ2) is 4.96. The first-order chi connectivity index (χ1) is 8.49. The molecule has 1 aromatic heterocycles. The number of benzene rings is 1. The Labute approximate surface area is 107 Å². The summed E-state index contributed by atoms with van der Waals surface area (Å²) in [6.07, 6.45) is 1.77. The molecule has 0 amide bonds. The van der Waals surface area contributed by atoms with Gasteiger partial charge in [0.15, 0.2) is 0 Å². The number of aromatic amines is 1. The molecular weight excluding hydrogens is 248 g/mol. The SMILES string of the molecule is Cc1ccc(C)c(S(=O)(=O)NCc2ccc[nH]2)c1. The third-order valence-corrected chi connectivity index (χ3v) is 4.29. The molecule has 0 aliphatic rings. The van der Waals surface area contributed by atoms with Gasteiger partial charge in [0.25, 0.3) is 0 Å². The Morgan fingerprint density at radius 2 is 2.00 bits per heavy atom. The zero-order valence-electron chi connectivity index (χ0n) is 10.4. The maximum Gasteiger partial charge on any atom is 0.241 e. The standard InChI is InChI=1S/C13H16N2O2S/c1-10-5-6-11(2)13(8-10)18(16,17)15-9-12-4-3-7-14-12/h3-8,14-15H,9H2,1-2H3. The summed E-state index contributed by atoms with van der Waals surface area (Å²) in [5.41, 5.74) is 2.52. The molecule has 0 bridgehead atoms. The first kappa shape index (κ1) is 12.9. The van der Waals surface area contributed by atoms with Gasteiger partial charge in [-0.05, 0) is 43.2 Å². The number of rotatable bonds is 4. The maximum atomic E-state index is 12.2. The Morgan fingerprint density at radius 3 is 2.67 bits per heavy atom. The third-order valence-electron chi connectivity index (χ3n) is 2.75. The Bertz CT molecular complexity index is 631. The topological polar surface area (TPSA) is 62.0 Å². The predicted octanol–water partition coefficient (Wildman–Crippen LogP) is 2.11. The molecule has 0 atom stereocenters. The van der Waals surface area contributed by atoms with Crippen LogP contribution in [0.4, 0.5) is 0 Å². The fraction of sp³-hybridized carbons (Fsp3) is 0.231. The van der Waals surface area contributed by atoms with Crippen LogP contribution in [-0.4, -0.2) is 13.4 Å². The van der Waals surface area contributed by atoms with Gasteiger partial charge in [-0.3, -0.25) is 0 Å². The van der Waals surface area contributed by atoms with Gasteiger partial charge in [0.2, 0.25) is 10.0 Å². The highest BCUT2D eigenvalue weighted by molar-refractivity contribution is 7.89. The summed E-state index contributed by atoms with van der Waals surface area (Å²) in [6.45, 7) is 3.94. The van der Waals surface area contributed by atoms with Crippen molar-refractivity contribution in [3.63, 3.8) is 0 Å². The molecule has 96 valence electrons. The van der Waals surface area contributed by atoms with E-state index in [1.54, 1.807) is 19.2 Å². The summed E-state index contributed by atoms with van der Waals surface area (Å²) in [5, 5.41) is 0. The summed E-state index contributed by atoms with van der Waals surface area (Å²) in [4.78, 5) is 3.30. The summed E-state index contributed by atoms with van der Waals surface area (Å²) in [7, 11) is -3.46. The van der Waals surface area contributed by atoms with E-state index in [0.29, 0.717) is 4.90 Å². The Balaban J connectivity index is 2.22. The van der Waals surface area contributed by atoms with Crippen LogP contribution in [0, 0.1) is 13.8 Å². The lowest BCUT2D eigenvalue weighted by Gasteiger charge is -2.09. The first-order valence-electron chi connectivity index (χ1n) is 5.68. The molecular formula is C13H16N2O2S. The Morgan fingerprint density at radius 1 is 1.22 bits per heavy atom. The largest absolute Gasteiger partial charge is 0.364 e. The van der Waals surface area contributed by atoms with Crippen LogP contribution in [0.3, 0.4) is 0 Å². The number of H-pyrrole nitrogens is 1. The van der Waals surface area contributed by atoms with Gasteiger partial charge in [-0.1, -0.05) is 12.1 Å². The normalized spacial score (nSPS) is 11.7. The Hall–Kier alpha value is -1.59. The minimum atomic E-state index is -3.46. The van der Waals surface area contributed by atoms with Gasteiger partial charge in [-0.2, -0.15) is 0 Å². The molecule has 0 saturated heterocycles. The van der Waals surface area contributed by atoms with E-state index in [1.807, 2.05) is 31.2 Å². The van der Waals surface area contributed by atoms with Gasteiger partial charge in [0.05, 0.1) is 11.4 Å². The van der Waals surface area contributed by atoms with Crippen molar-refractivity contribution in [1.82, 2.24) is 9.71 Å². The molecule has 2 rings (SSSR count). The summed E-state index contributed by atoms with van der Waals surface area (Å²) in [6, 6.07) is 9.08. The molecule has 5 heteroatoms. The van der Waals surface area contributed by atoms with Crippen LogP contribution in [0.15, 0.2) is 41.4 Å². The van der Waals surface area contributed by atoms with Crippen molar-refractivity contribution in [2.45, 2.75) is 25.3 Å². The van der Waals surface area contributed by atoms with Crippen molar-refractivity contribution in [3.8, 4) is 0 Å². The van der Waals surface area contributed by atoms with Gasteiger partial charge in [-0.15, -0.1) is 0 Å². The van der Waals surface area contributed by atoms with E-state index in [2.05, 4.69) is 9.71 Å². The molecule has 0 aliphatic carbocycles. The number of aryl methyl sites for hydroxylation is 2. The van der Waals surface area contributed by atoms with Crippen LogP contribution >= 0.6 is 0 Å². The molecule has 2 N–H and O–H groups in total. The average Bonchev–Trinajstić information content (AvgIpc) is 2.83. The highest BCUT2D eigenvalue weighted by atomic mass is 32.2. The molecule has 0 unspecified atom stereocenters. The smallest absolute Gasteiger partial charge is 0.241 e. The molecule has 18 heavy (non-hydrogen) atoms. The summed E-state index contributed by atoms with van der Waals surface area (Å²) < 4.78 is 26.9.